The number of para-hydroxylation sites is 1. The summed E-state index contributed by atoms with van der Waals surface area (Å²) in [4.78, 5) is 2.13. The van der Waals surface area contributed by atoms with Gasteiger partial charge in [-0.3, -0.25) is 4.90 Å². The third-order valence-electron chi connectivity index (χ3n) is 4.77. The standard InChI is InChI=1S/C20H25NO3/c1-24-19-11-6-5-10-17(19)20(23)12-7-13-21(15-20)14-18(22)16-8-3-2-4-9-16/h2-6,8-11,18,22-23H,7,12-15H2,1H3/t18-,20+/m0/s1. The summed E-state index contributed by atoms with van der Waals surface area (Å²) in [6.07, 6.45) is 1.03. The van der Waals surface area contributed by atoms with Crippen molar-refractivity contribution in [2.24, 2.45) is 0 Å². The Balaban J connectivity index is 1.74. The number of piperidine rings is 1. The Bertz CT molecular complexity index is 661. The molecule has 24 heavy (non-hydrogen) atoms. The fourth-order valence-electron chi connectivity index (χ4n) is 3.55. The first-order valence-electron chi connectivity index (χ1n) is 8.43. The van der Waals surface area contributed by atoms with Crippen molar-refractivity contribution in [1.29, 1.82) is 0 Å². The molecule has 3 rings (SSSR count). The largest absolute Gasteiger partial charge is 0.496 e. The van der Waals surface area contributed by atoms with Gasteiger partial charge in [0.05, 0.1) is 13.2 Å². The van der Waals surface area contributed by atoms with Gasteiger partial charge < -0.3 is 14.9 Å². The van der Waals surface area contributed by atoms with Crippen LogP contribution in [0.15, 0.2) is 54.6 Å². The molecule has 128 valence electrons. The number of β-amino-alcohol motifs (C(OH)–C–C–N with tert-alkyl or cyclic N) is 2. The minimum atomic E-state index is -0.943. The van der Waals surface area contributed by atoms with E-state index in [1.165, 1.54) is 0 Å². The fraction of sp³-hybridized carbons (Fsp3) is 0.400. The fourth-order valence-corrected chi connectivity index (χ4v) is 3.55. The Morgan fingerprint density at radius 2 is 1.83 bits per heavy atom. The van der Waals surface area contributed by atoms with Crippen molar-refractivity contribution in [2.45, 2.75) is 24.5 Å². The highest BCUT2D eigenvalue weighted by molar-refractivity contribution is 5.38. The first kappa shape index (κ1) is 17.0. The predicted octanol–water partition coefficient (Wildman–Crippen LogP) is 2.71. The van der Waals surface area contributed by atoms with Gasteiger partial charge in [-0.05, 0) is 31.0 Å². The zero-order valence-electron chi connectivity index (χ0n) is 14.1. The summed E-state index contributed by atoms with van der Waals surface area (Å²) >= 11 is 0. The zero-order chi connectivity index (χ0) is 17.0. The van der Waals surface area contributed by atoms with Gasteiger partial charge >= 0.3 is 0 Å². The molecule has 1 heterocycles. The SMILES string of the molecule is COc1ccccc1[C@@]1(O)CCCN(C[C@H](O)c2ccccc2)C1. The molecule has 2 aromatic rings. The highest BCUT2D eigenvalue weighted by Crippen LogP contribution is 2.37. The van der Waals surface area contributed by atoms with Crippen molar-refractivity contribution in [3.05, 3.63) is 65.7 Å². The number of benzene rings is 2. The molecular weight excluding hydrogens is 302 g/mol. The van der Waals surface area contributed by atoms with Gasteiger partial charge in [-0.25, -0.2) is 0 Å². The molecule has 1 aliphatic rings. The number of likely N-dealkylation sites (tertiary alicyclic amines) is 1. The maximum absolute atomic E-state index is 11.2. The molecule has 4 heteroatoms. The molecule has 2 aromatic carbocycles. The van der Waals surface area contributed by atoms with Crippen molar-refractivity contribution in [1.82, 2.24) is 4.90 Å². The number of aliphatic hydroxyl groups is 2. The third-order valence-corrected chi connectivity index (χ3v) is 4.77. The smallest absolute Gasteiger partial charge is 0.124 e. The van der Waals surface area contributed by atoms with E-state index >= 15 is 0 Å². The quantitative estimate of drug-likeness (QED) is 0.887. The lowest BCUT2D eigenvalue weighted by Gasteiger charge is -2.40. The second kappa shape index (κ2) is 7.34. The Kier molecular flexibility index (Phi) is 5.19. The van der Waals surface area contributed by atoms with E-state index in [1.807, 2.05) is 54.6 Å². The normalized spacial score (nSPS) is 23.0. The van der Waals surface area contributed by atoms with Gasteiger partial charge in [-0.1, -0.05) is 48.5 Å². The second-order valence-corrected chi connectivity index (χ2v) is 6.50. The number of methoxy groups -OCH3 is 1. The average molecular weight is 327 g/mol. The van der Waals surface area contributed by atoms with Crippen molar-refractivity contribution >= 4 is 0 Å². The van der Waals surface area contributed by atoms with Gasteiger partial charge in [-0.15, -0.1) is 0 Å². The topological polar surface area (TPSA) is 52.9 Å². The van der Waals surface area contributed by atoms with E-state index in [9.17, 15) is 10.2 Å². The maximum atomic E-state index is 11.2. The molecule has 0 aliphatic carbocycles. The van der Waals surface area contributed by atoms with E-state index in [2.05, 4.69) is 4.90 Å². The molecule has 2 N–H and O–H groups in total. The monoisotopic (exact) mass is 327 g/mol. The van der Waals surface area contributed by atoms with Crippen molar-refractivity contribution < 1.29 is 14.9 Å². The molecule has 4 nitrogen and oxygen atoms in total. The minimum Gasteiger partial charge on any atom is -0.496 e. The maximum Gasteiger partial charge on any atom is 0.124 e. The molecule has 0 saturated carbocycles. The van der Waals surface area contributed by atoms with Crippen LogP contribution in [0.25, 0.3) is 0 Å². The molecule has 1 saturated heterocycles. The average Bonchev–Trinajstić information content (AvgIpc) is 2.62. The van der Waals surface area contributed by atoms with Crippen molar-refractivity contribution in [2.75, 3.05) is 26.7 Å². The van der Waals surface area contributed by atoms with Crippen LogP contribution in [0.1, 0.15) is 30.1 Å². The van der Waals surface area contributed by atoms with Crippen LogP contribution in [0.5, 0.6) is 5.75 Å². The number of hydrogen-bond donors (Lipinski definition) is 2. The lowest BCUT2D eigenvalue weighted by molar-refractivity contribution is -0.0474. The Labute approximate surface area is 143 Å². The van der Waals surface area contributed by atoms with Crippen molar-refractivity contribution in [3.63, 3.8) is 0 Å². The molecule has 1 fully saturated rings. The summed E-state index contributed by atoms with van der Waals surface area (Å²) in [6, 6.07) is 17.3. The van der Waals surface area contributed by atoms with Crippen LogP contribution in [0, 0.1) is 0 Å². The van der Waals surface area contributed by atoms with Crippen LogP contribution < -0.4 is 4.74 Å². The summed E-state index contributed by atoms with van der Waals surface area (Å²) in [6.45, 7) is 1.89. The Morgan fingerprint density at radius 1 is 1.12 bits per heavy atom. The van der Waals surface area contributed by atoms with E-state index in [-0.39, 0.29) is 0 Å². The number of nitrogens with zero attached hydrogens (tertiary/aromatic N) is 1. The third kappa shape index (κ3) is 3.61. The predicted molar refractivity (Wildman–Crippen MR) is 94.0 cm³/mol. The van der Waals surface area contributed by atoms with Crippen LogP contribution in [-0.4, -0.2) is 41.9 Å². The molecule has 0 radical (unpaired) electrons. The molecular formula is C20H25NO3. The molecule has 0 bridgehead atoms. The van der Waals surface area contributed by atoms with E-state index in [1.54, 1.807) is 7.11 Å². The number of rotatable bonds is 5. The minimum absolute atomic E-state index is 0.497. The van der Waals surface area contributed by atoms with Gasteiger partial charge in [0.25, 0.3) is 0 Å². The summed E-state index contributed by atoms with van der Waals surface area (Å²) < 4.78 is 5.42. The summed E-state index contributed by atoms with van der Waals surface area (Å²) in [5.74, 6) is 0.713. The van der Waals surface area contributed by atoms with Gasteiger partial charge in [0, 0.05) is 18.7 Å². The van der Waals surface area contributed by atoms with Crippen LogP contribution in [0.4, 0.5) is 0 Å². The number of aliphatic hydroxyl groups excluding tert-OH is 1. The van der Waals surface area contributed by atoms with Gasteiger partial charge in [0.2, 0.25) is 0 Å². The summed E-state index contributed by atoms with van der Waals surface area (Å²) in [7, 11) is 1.63. The Hall–Kier alpha value is -1.88. The lowest BCUT2D eigenvalue weighted by Crippen LogP contribution is -2.47. The first-order valence-corrected chi connectivity index (χ1v) is 8.43. The van der Waals surface area contributed by atoms with Crippen LogP contribution in [0.2, 0.25) is 0 Å². The van der Waals surface area contributed by atoms with E-state index in [4.69, 9.17) is 4.74 Å². The highest BCUT2D eigenvalue weighted by Gasteiger charge is 2.37. The highest BCUT2D eigenvalue weighted by atomic mass is 16.5. The van der Waals surface area contributed by atoms with Crippen LogP contribution in [0.3, 0.4) is 0 Å². The Morgan fingerprint density at radius 3 is 2.58 bits per heavy atom. The molecule has 2 atom stereocenters. The molecule has 0 spiro atoms. The number of ether oxygens (including phenoxy) is 1. The first-order chi connectivity index (χ1) is 11.6. The molecule has 1 aliphatic heterocycles. The van der Waals surface area contributed by atoms with E-state index in [0.717, 1.165) is 24.1 Å². The van der Waals surface area contributed by atoms with E-state index < -0.39 is 11.7 Å². The van der Waals surface area contributed by atoms with Crippen LogP contribution in [-0.2, 0) is 5.60 Å². The second-order valence-electron chi connectivity index (χ2n) is 6.50. The van der Waals surface area contributed by atoms with Crippen molar-refractivity contribution in [3.8, 4) is 5.75 Å². The molecule has 0 unspecified atom stereocenters. The molecule has 0 aromatic heterocycles. The lowest BCUT2D eigenvalue weighted by atomic mass is 9.85. The van der Waals surface area contributed by atoms with Gasteiger partial charge in [0.1, 0.15) is 11.4 Å². The summed E-state index contributed by atoms with van der Waals surface area (Å²) in [5.41, 5.74) is 0.789. The number of hydrogen-bond acceptors (Lipinski definition) is 4. The van der Waals surface area contributed by atoms with Crippen LogP contribution >= 0.6 is 0 Å². The summed E-state index contributed by atoms with van der Waals surface area (Å²) in [5, 5.41) is 21.7. The zero-order valence-corrected chi connectivity index (χ0v) is 14.1. The van der Waals surface area contributed by atoms with E-state index in [0.29, 0.717) is 25.3 Å². The molecule has 0 amide bonds. The van der Waals surface area contributed by atoms with Gasteiger partial charge in [-0.2, -0.15) is 0 Å². The van der Waals surface area contributed by atoms with Gasteiger partial charge in [0.15, 0.2) is 0 Å².